The summed E-state index contributed by atoms with van der Waals surface area (Å²) in [5.74, 6) is 1.32. The van der Waals surface area contributed by atoms with Crippen LogP contribution < -0.4 is 0 Å². The minimum atomic E-state index is 0.363. The minimum absolute atomic E-state index is 0.363. The molecule has 1 fully saturated rings. The first-order valence-corrected chi connectivity index (χ1v) is 6.77. The molecule has 0 bridgehead atoms. The van der Waals surface area contributed by atoms with Gasteiger partial charge in [0.2, 0.25) is 11.8 Å². The lowest BCUT2D eigenvalue weighted by molar-refractivity contribution is 0.124. The number of nitrogens with zero attached hydrogens (tertiary/aromatic N) is 4. The van der Waals surface area contributed by atoms with Crippen molar-refractivity contribution >= 4 is 0 Å². The van der Waals surface area contributed by atoms with Crippen LogP contribution in [0.3, 0.4) is 0 Å². The highest BCUT2D eigenvalue weighted by Crippen LogP contribution is 2.30. The molecule has 0 radical (unpaired) electrons. The molecule has 0 spiro atoms. The average Bonchev–Trinajstić information content (AvgIpc) is 2.86. The van der Waals surface area contributed by atoms with Crippen LogP contribution in [0.15, 0.2) is 28.8 Å². The van der Waals surface area contributed by atoms with Crippen molar-refractivity contribution in [2.45, 2.75) is 38.8 Å². The van der Waals surface area contributed by atoms with Crippen LogP contribution in [0.2, 0.25) is 0 Å². The van der Waals surface area contributed by atoms with Gasteiger partial charge in [-0.2, -0.15) is 0 Å². The summed E-state index contributed by atoms with van der Waals surface area (Å²) in [6.45, 7) is 3.59. The van der Waals surface area contributed by atoms with Crippen molar-refractivity contribution in [2.24, 2.45) is 0 Å². The van der Waals surface area contributed by atoms with E-state index in [2.05, 4.69) is 26.1 Å². The zero-order valence-electron chi connectivity index (χ0n) is 11.1. The van der Waals surface area contributed by atoms with Crippen molar-refractivity contribution < 1.29 is 4.42 Å². The van der Waals surface area contributed by atoms with Gasteiger partial charge in [0.25, 0.3) is 0 Å². The van der Waals surface area contributed by atoms with Gasteiger partial charge < -0.3 is 4.42 Å². The van der Waals surface area contributed by atoms with Gasteiger partial charge in [0.15, 0.2) is 0 Å². The first-order valence-electron chi connectivity index (χ1n) is 6.77. The summed E-state index contributed by atoms with van der Waals surface area (Å²) in [5.41, 5.74) is 1.14. The predicted molar refractivity (Wildman–Crippen MR) is 70.3 cm³/mol. The summed E-state index contributed by atoms with van der Waals surface area (Å²) in [5, 5.41) is 7.98. The lowest BCUT2D eigenvalue weighted by atomic mass is 9.99. The van der Waals surface area contributed by atoms with Gasteiger partial charge in [-0.1, -0.05) is 12.5 Å². The molecule has 1 aliphatic heterocycles. The molecule has 0 N–H and O–H groups in total. The molecule has 5 heteroatoms. The molecule has 1 atom stereocenters. The Morgan fingerprint density at radius 3 is 3.00 bits per heavy atom. The Labute approximate surface area is 112 Å². The molecule has 0 saturated carbocycles. The molecule has 0 amide bonds. The standard InChI is InChI=1S/C14H18N4O/c1-11-16-17-14(19-11)10-18-9-5-3-7-13(18)12-6-2-4-8-15-12/h2,4,6,8,13H,3,5,7,9-10H2,1H3. The molecule has 1 saturated heterocycles. The average molecular weight is 258 g/mol. The van der Waals surface area contributed by atoms with Crippen LogP contribution in [0.4, 0.5) is 0 Å². The van der Waals surface area contributed by atoms with E-state index in [0.29, 0.717) is 24.4 Å². The van der Waals surface area contributed by atoms with E-state index in [0.717, 1.165) is 18.7 Å². The fraction of sp³-hybridized carbons (Fsp3) is 0.500. The molecule has 19 heavy (non-hydrogen) atoms. The number of hydrogen-bond donors (Lipinski definition) is 0. The predicted octanol–water partition coefficient (Wildman–Crippen LogP) is 2.50. The maximum absolute atomic E-state index is 5.49. The smallest absolute Gasteiger partial charge is 0.230 e. The number of likely N-dealkylation sites (tertiary alicyclic amines) is 1. The summed E-state index contributed by atoms with van der Waals surface area (Å²) in [6.07, 6.45) is 5.47. The van der Waals surface area contributed by atoms with Crippen molar-refractivity contribution in [3.63, 3.8) is 0 Å². The SMILES string of the molecule is Cc1nnc(CN2CCCCC2c2ccccn2)o1. The molecular formula is C14H18N4O. The molecule has 2 aromatic heterocycles. The van der Waals surface area contributed by atoms with Crippen LogP contribution in [-0.2, 0) is 6.54 Å². The normalized spacial score (nSPS) is 20.6. The summed E-state index contributed by atoms with van der Waals surface area (Å²) in [6, 6.07) is 6.47. The van der Waals surface area contributed by atoms with E-state index < -0.39 is 0 Å². The van der Waals surface area contributed by atoms with Crippen LogP contribution in [0.1, 0.15) is 42.8 Å². The second kappa shape index (κ2) is 5.48. The summed E-state index contributed by atoms with van der Waals surface area (Å²) < 4.78 is 5.49. The monoisotopic (exact) mass is 258 g/mol. The van der Waals surface area contributed by atoms with Crippen LogP contribution in [0.25, 0.3) is 0 Å². The maximum Gasteiger partial charge on any atom is 0.230 e. The highest BCUT2D eigenvalue weighted by atomic mass is 16.4. The maximum atomic E-state index is 5.49. The first-order chi connectivity index (χ1) is 9.33. The fourth-order valence-corrected chi connectivity index (χ4v) is 2.66. The van der Waals surface area contributed by atoms with Crippen LogP contribution in [-0.4, -0.2) is 26.6 Å². The highest BCUT2D eigenvalue weighted by Gasteiger charge is 2.26. The lowest BCUT2D eigenvalue weighted by Gasteiger charge is -2.34. The van der Waals surface area contributed by atoms with Crippen molar-refractivity contribution in [2.75, 3.05) is 6.54 Å². The van der Waals surface area contributed by atoms with E-state index in [9.17, 15) is 0 Å². The molecule has 1 aliphatic rings. The highest BCUT2D eigenvalue weighted by molar-refractivity contribution is 5.10. The Kier molecular flexibility index (Phi) is 3.55. The zero-order valence-corrected chi connectivity index (χ0v) is 11.1. The first kappa shape index (κ1) is 12.3. The molecule has 1 unspecified atom stereocenters. The van der Waals surface area contributed by atoms with Crippen LogP contribution in [0, 0.1) is 6.92 Å². The van der Waals surface area contributed by atoms with Crippen molar-refractivity contribution in [1.29, 1.82) is 0 Å². The third-order valence-corrected chi connectivity index (χ3v) is 3.55. The van der Waals surface area contributed by atoms with E-state index in [1.54, 1.807) is 0 Å². The van der Waals surface area contributed by atoms with Gasteiger partial charge in [-0.3, -0.25) is 9.88 Å². The van der Waals surface area contributed by atoms with Gasteiger partial charge in [0, 0.05) is 13.1 Å². The fourth-order valence-electron chi connectivity index (χ4n) is 2.66. The summed E-state index contributed by atoms with van der Waals surface area (Å²) in [4.78, 5) is 6.88. The molecule has 0 aromatic carbocycles. The number of pyridine rings is 1. The molecule has 5 nitrogen and oxygen atoms in total. The number of piperidine rings is 1. The van der Waals surface area contributed by atoms with Crippen LogP contribution >= 0.6 is 0 Å². The number of aromatic nitrogens is 3. The second-order valence-corrected chi connectivity index (χ2v) is 4.95. The molecule has 3 heterocycles. The van der Waals surface area contributed by atoms with Gasteiger partial charge in [-0.05, 0) is 31.5 Å². The Hall–Kier alpha value is -1.75. The Morgan fingerprint density at radius 1 is 1.32 bits per heavy atom. The number of aryl methyl sites for hydroxylation is 1. The number of hydrogen-bond acceptors (Lipinski definition) is 5. The van der Waals surface area contributed by atoms with E-state index >= 15 is 0 Å². The minimum Gasteiger partial charge on any atom is -0.424 e. The van der Waals surface area contributed by atoms with Crippen molar-refractivity contribution in [1.82, 2.24) is 20.1 Å². The lowest BCUT2D eigenvalue weighted by Crippen LogP contribution is -2.33. The molecule has 100 valence electrons. The van der Waals surface area contributed by atoms with Gasteiger partial charge in [-0.15, -0.1) is 10.2 Å². The van der Waals surface area contributed by atoms with E-state index in [4.69, 9.17) is 4.42 Å². The zero-order chi connectivity index (χ0) is 13.1. The Bertz CT molecular complexity index is 525. The largest absolute Gasteiger partial charge is 0.424 e. The summed E-state index contributed by atoms with van der Waals surface area (Å²) >= 11 is 0. The molecular weight excluding hydrogens is 240 g/mol. The van der Waals surface area contributed by atoms with E-state index in [1.165, 1.54) is 12.8 Å². The van der Waals surface area contributed by atoms with E-state index in [1.807, 2.05) is 25.3 Å². The quantitative estimate of drug-likeness (QED) is 0.846. The van der Waals surface area contributed by atoms with Crippen molar-refractivity contribution in [3.8, 4) is 0 Å². The van der Waals surface area contributed by atoms with Gasteiger partial charge in [-0.25, -0.2) is 0 Å². The van der Waals surface area contributed by atoms with Gasteiger partial charge >= 0.3 is 0 Å². The van der Waals surface area contributed by atoms with E-state index in [-0.39, 0.29) is 0 Å². The number of rotatable bonds is 3. The molecule has 0 aliphatic carbocycles. The topological polar surface area (TPSA) is 55.1 Å². The van der Waals surface area contributed by atoms with Gasteiger partial charge in [0.1, 0.15) is 0 Å². The van der Waals surface area contributed by atoms with Crippen LogP contribution in [0.5, 0.6) is 0 Å². The van der Waals surface area contributed by atoms with Crippen molar-refractivity contribution in [3.05, 3.63) is 41.9 Å². The van der Waals surface area contributed by atoms with Gasteiger partial charge in [0.05, 0.1) is 18.3 Å². The summed E-state index contributed by atoms with van der Waals surface area (Å²) in [7, 11) is 0. The Morgan fingerprint density at radius 2 is 2.26 bits per heavy atom. The molecule has 3 rings (SSSR count). The Balaban J connectivity index is 1.77. The molecule has 2 aromatic rings. The third-order valence-electron chi connectivity index (χ3n) is 3.55. The third kappa shape index (κ3) is 2.81. The second-order valence-electron chi connectivity index (χ2n) is 4.95.